The Bertz CT molecular complexity index is 626. The predicted octanol–water partition coefficient (Wildman–Crippen LogP) is 2.51. The van der Waals surface area contributed by atoms with Gasteiger partial charge in [-0.25, -0.2) is 4.79 Å². The highest BCUT2D eigenvalue weighted by molar-refractivity contribution is 5.75. The molecule has 1 aromatic rings. The van der Waals surface area contributed by atoms with Crippen LogP contribution in [-0.4, -0.2) is 53.0 Å². The van der Waals surface area contributed by atoms with Crippen LogP contribution in [0.2, 0.25) is 0 Å². The number of amides is 2. The highest BCUT2D eigenvalue weighted by Crippen LogP contribution is 2.65. The first-order valence-corrected chi connectivity index (χ1v) is 9.93. The van der Waals surface area contributed by atoms with Gasteiger partial charge in [0.25, 0.3) is 0 Å². The number of aromatic nitrogens is 1. The van der Waals surface area contributed by atoms with E-state index in [1.807, 2.05) is 23.2 Å². The van der Waals surface area contributed by atoms with Crippen LogP contribution in [0.4, 0.5) is 4.79 Å². The van der Waals surface area contributed by atoms with Crippen molar-refractivity contribution in [3.63, 3.8) is 0 Å². The molecule has 2 heterocycles. The Labute approximate surface area is 149 Å². The molecule has 1 N–H and O–H groups in total. The number of nitrogens with zero attached hydrogens (tertiary/aromatic N) is 3. The van der Waals surface area contributed by atoms with Gasteiger partial charge in [-0.1, -0.05) is 6.07 Å². The molecule has 3 aliphatic carbocycles. The smallest absolute Gasteiger partial charge is 0.317 e. The summed E-state index contributed by atoms with van der Waals surface area (Å²) < 4.78 is 0. The van der Waals surface area contributed by atoms with Crippen molar-refractivity contribution in [2.24, 2.45) is 23.7 Å². The van der Waals surface area contributed by atoms with E-state index in [0.29, 0.717) is 12.1 Å². The summed E-state index contributed by atoms with van der Waals surface area (Å²) in [4.78, 5) is 21.6. The zero-order valence-corrected chi connectivity index (χ0v) is 15.0. The number of carbonyl (C=O) groups is 1. The summed E-state index contributed by atoms with van der Waals surface area (Å²) in [6.07, 6.45) is 6.10. The van der Waals surface area contributed by atoms with Gasteiger partial charge in [0.2, 0.25) is 0 Å². The number of hydrogen-bond acceptors (Lipinski definition) is 3. The first-order chi connectivity index (χ1) is 12.2. The van der Waals surface area contributed by atoms with Gasteiger partial charge in [0.1, 0.15) is 0 Å². The Morgan fingerprint density at radius 2 is 1.88 bits per heavy atom. The second kappa shape index (κ2) is 5.97. The molecular weight excluding hydrogens is 312 g/mol. The summed E-state index contributed by atoms with van der Waals surface area (Å²) in [7, 11) is 0. The number of rotatable bonds is 3. The van der Waals surface area contributed by atoms with E-state index in [9.17, 15) is 4.79 Å². The minimum atomic E-state index is 0.170. The summed E-state index contributed by atoms with van der Waals surface area (Å²) in [6, 6.07) is 7.06. The standard InChI is InChI=1S/C20H28N4O/c1-13(16-4-2-3-7-21-16)23-8-10-24(11-9-23)20(25)22-19-17-14-5-6-15(12-14)18(17)19/h2-4,7,13-15,17-19H,5-6,8-12H2,1H3,(H,22,25)/t13-,14+,15+,17+,18+/m1/s1. The zero-order chi connectivity index (χ0) is 17.0. The van der Waals surface area contributed by atoms with Crippen molar-refractivity contribution in [2.75, 3.05) is 26.2 Å². The van der Waals surface area contributed by atoms with Crippen LogP contribution < -0.4 is 5.32 Å². The lowest BCUT2D eigenvalue weighted by atomic mass is 10.0. The summed E-state index contributed by atoms with van der Waals surface area (Å²) in [5.41, 5.74) is 1.11. The molecule has 0 spiro atoms. The minimum Gasteiger partial charge on any atom is -0.335 e. The van der Waals surface area contributed by atoms with Gasteiger partial charge in [-0.15, -0.1) is 0 Å². The highest BCUT2D eigenvalue weighted by atomic mass is 16.2. The highest BCUT2D eigenvalue weighted by Gasteiger charge is 2.65. The lowest BCUT2D eigenvalue weighted by molar-refractivity contribution is 0.112. The molecule has 25 heavy (non-hydrogen) atoms. The lowest BCUT2D eigenvalue weighted by Gasteiger charge is -2.37. The molecular formula is C20H28N4O. The molecule has 3 saturated carbocycles. The van der Waals surface area contributed by atoms with Gasteiger partial charge < -0.3 is 10.2 Å². The third-order valence-corrected chi connectivity index (χ3v) is 7.29. The molecule has 1 saturated heterocycles. The van der Waals surface area contributed by atoms with Gasteiger partial charge in [-0.2, -0.15) is 0 Å². The molecule has 5 atom stereocenters. The summed E-state index contributed by atoms with van der Waals surface area (Å²) in [6.45, 7) is 5.69. The van der Waals surface area contributed by atoms with Gasteiger partial charge in [-0.3, -0.25) is 9.88 Å². The van der Waals surface area contributed by atoms with Gasteiger partial charge in [0.05, 0.1) is 5.69 Å². The van der Waals surface area contributed by atoms with Crippen LogP contribution in [0.25, 0.3) is 0 Å². The Morgan fingerprint density at radius 1 is 1.16 bits per heavy atom. The number of hydrogen-bond donors (Lipinski definition) is 1. The van der Waals surface area contributed by atoms with Crippen LogP contribution in [0.15, 0.2) is 24.4 Å². The fourth-order valence-electron chi connectivity index (χ4n) is 5.87. The molecule has 5 rings (SSSR count). The van der Waals surface area contributed by atoms with E-state index in [1.165, 1.54) is 19.3 Å². The molecule has 4 aliphatic rings. The SMILES string of the molecule is C[C@H](c1ccccn1)N1CCN(C(=O)NC2[C@H]3[C@H]4CC[C@@H](C4)[C@H]23)CC1. The van der Waals surface area contributed by atoms with Crippen molar-refractivity contribution in [2.45, 2.75) is 38.3 Å². The molecule has 5 nitrogen and oxygen atoms in total. The first-order valence-electron chi connectivity index (χ1n) is 9.93. The molecule has 134 valence electrons. The van der Waals surface area contributed by atoms with Crippen molar-refractivity contribution >= 4 is 6.03 Å². The topological polar surface area (TPSA) is 48.5 Å². The maximum absolute atomic E-state index is 12.6. The van der Waals surface area contributed by atoms with Gasteiger partial charge in [0, 0.05) is 44.5 Å². The average molecular weight is 340 g/mol. The van der Waals surface area contributed by atoms with Crippen LogP contribution in [0, 0.1) is 23.7 Å². The van der Waals surface area contributed by atoms with Crippen molar-refractivity contribution in [3.8, 4) is 0 Å². The van der Waals surface area contributed by atoms with E-state index in [-0.39, 0.29) is 6.03 Å². The van der Waals surface area contributed by atoms with Crippen LogP contribution in [0.3, 0.4) is 0 Å². The molecule has 0 unspecified atom stereocenters. The molecule has 0 aromatic carbocycles. The Balaban J connectivity index is 1.13. The normalized spacial score (nSPS) is 37.6. The van der Waals surface area contributed by atoms with Crippen LogP contribution >= 0.6 is 0 Å². The summed E-state index contributed by atoms with van der Waals surface area (Å²) in [5, 5.41) is 3.36. The Hall–Kier alpha value is -1.62. The van der Waals surface area contributed by atoms with Gasteiger partial charge >= 0.3 is 6.03 Å². The van der Waals surface area contributed by atoms with E-state index in [4.69, 9.17) is 0 Å². The monoisotopic (exact) mass is 340 g/mol. The summed E-state index contributed by atoms with van der Waals surface area (Å²) >= 11 is 0. The van der Waals surface area contributed by atoms with Gasteiger partial charge in [-0.05, 0) is 62.0 Å². The van der Waals surface area contributed by atoms with E-state index in [0.717, 1.165) is 55.5 Å². The van der Waals surface area contributed by atoms with Crippen molar-refractivity contribution in [1.29, 1.82) is 0 Å². The van der Waals surface area contributed by atoms with E-state index < -0.39 is 0 Å². The molecule has 1 aromatic heterocycles. The predicted molar refractivity (Wildman–Crippen MR) is 95.9 cm³/mol. The quantitative estimate of drug-likeness (QED) is 0.920. The molecule has 2 bridgehead atoms. The maximum Gasteiger partial charge on any atom is 0.317 e. The summed E-state index contributed by atoms with van der Waals surface area (Å²) in [5.74, 6) is 3.45. The van der Waals surface area contributed by atoms with Crippen molar-refractivity contribution < 1.29 is 4.79 Å². The minimum absolute atomic E-state index is 0.170. The maximum atomic E-state index is 12.6. The second-order valence-electron chi connectivity index (χ2n) is 8.42. The number of piperazine rings is 1. The van der Waals surface area contributed by atoms with Crippen molar-refractivity contribution in [1.82, 2.24) is 20.1 Å². The molecule has 4 fully saturated rings. The van der Waals surface area contributed by atoms with E-state index in [1.54, 1.807) is 0 Å². The van der Waals surface area contributed by atoms with Crippen LogP contribution in [0.1, 0.15) is 37.9 Å². The zero-order valence-electron chi connectivity index (χ0n) is 15.0. The fraction of sp³-hybridized carbons (Fsp3) is 0.700. The third kappa shape index (κ3) is 2.64. The number of pyridine rings is 1. The first kappa shape index (κ1) is 15.6. The lowest BCUT2D eigenvalue weighted by Crippen LogP contribution is -2.53. The molecule has 2 amide bonds. The fourth-order valence-corrected chi connectivity index (χ4v) is 5.87. The van der Waals surface area contributed by atoms with E-state index in [2.05, 4.69) is 28.2 Å². The number of urea groups is 1. The number of carbonyl (C=O) groups excluding carboxylic acids is 1. The van der Waals surface area contributed by atoms with Crippen LogP contribution in [-0.2, 0) is 0 Å². The van der Waals surface area contributed by atoms with Crippen molar-refractivity contribution in [3.05, 3.63) is 30.1 Å². The average Bonchev–Trinajstić information content (AvgIpc) is 3.03. The number of nitrogens with one attached hydrogen (secondary N) is 1. The Kier molecular flexibility index (Phi) is 3.73. The van der Waals surface area contributed by atoms with Gasteiger partial charge in [0.15, 0.2) is 0 Å². The van der Waals surface area contributed by atoms with E-state index >= 15 is 0 Å². The number of fused-ring (bicyclic) bond motifs is 5. The third-order valence-electron chi connectivity index (χ3n) is 7.29. The molecule has 0 radical (unpaired) electrons. The Morgan fingerprint density at radius 3 is 2.52 bits per heavy atom. The second-order valence-corrected chi connectivity index (χ2v) is 8.42. The largest absolute Gasteiger partial charge is 0.335 e. The molecule has 1 aliphatic heterocycles. The molecule has 5 heteroatoms. The van der Waals surface area contributed by atoms with Crippen LogP contribution in [0.5, 0.6) is 0 Å².